The summed E-state index contributed by atoms with van der Waals surface area (Å²) in [6.45, 7) is 3.82. The summed E-state index contributed by atoms with van der Waals surface area (Å²) in [5, 5.41) is 0. The molecular formula is C10H12S2. The Kier molecular flexibility index (Phi) is 3.76. The molecule has 0 aliphatic heterocycles. The van der Waals surface area contributed by atoms with Crippen LogP contribution in [0.4, 0.5) is 0 Å². The Hall–Kier alpha value is -0.340. The lowest BCUT2D eigenvalue weighted by molar-refractivity contribution is 1.30. The molecule has 0 aliphatic carbocycles. The smallest absolute Gasteiger partial charge is 0.0153 e. The first kappa shape index (κ1) is 9.75. The molecule has 0 aliphatic rings. The van der Waals surface area contributed by atoms with Crippen molar-refractivity contribution in [2.75, 3.05) is 12.5 Å². The van der Waals surface area contributed by atoms with Crippen LogP contribution in [0, 0.1) is 0 Å². The molecule has 0 fully saturated rings. The molecule has 0 atom stereocenters. The van der Waals surface area contributed by atoms with Crippen LogP contribution in [0.25, 0.3) is 6.08 Å². The Balaban J connectivity index is 3.21. The lowest BCUT2D eigenvalue weighted by Crippen LogP contribution is -1.81. The molecule has 0 saturated carbocycles. The monoisotopic (exact) mass is 196 g/mol. The van der Waals surface area contributed by atoms with Crippen LogP contribution in [0.5, 0.6) is 0 Å². The largest absolute Gasteiger partial charge is 0.129 e. The first-order valence-corrected chi connectivity index (χ1v) is 6.12. The third-order valence-corrected chi connectivity index (χ3v) is 3.26. The minimum absolute atomic E-state index is 1.26. The molecule has 64 valence electrons. The Morgan fingerprint density at radius 2 is 1.67 bits per heavy atom. The molecule has 0 aromatic heterocycles. The van der Waals surface area contributed by atoms with Crippen LogP contribution in [0.1, 0.15) is 5.56 Å². The maximum atomic E-state index is 3.82. The Morgan fingerprint density at radius 1 is 1.17 bits per heavy atom. The van der Waals surface area contributed by atoms with Crippen molar-refractivity contribution in [1.29, 1.82) is 0 Å². The van der Waals surface area contributed by atoms with E-state index in [1.54, 1.807) is 23.5 Å². The standard InChI is InChI=1S/C10H12S2/c1-4-8-9(11-2)6-5-7-10(8)12-3/h4-7H,1H2,2-3H3. The minimum Gasteiger partial charge on any atom is -0.129 e. The predicted octanol–water partition coefficient (Wildman–Crippen LogP) is 3.77. The fourth-order valence-electron chi connectivity index (χ4n) is 1.08. The van der Waals surface area contributed by atoms with Gasteiger partial charge in [0.15, 0.2) is 0 Å². The van der Waals surface area contributed by atoms with Gasteiger partial charge in [-0.05, 0) is 24.6 Å². The van der Waals surface area contributed by atoms with Gasteiger partial charge in [0.2, 0.25) is 0 Å². The summed E-state index contributed by atoms with van der Waals surface area (Å²) < 4.78 is 0. The van der Waals surface area contributed by atoms with E-state index in [4.69, 9.17) is 0 Å². The third-order valence-electron chi connectivity index (χ3n) is 1.67. The topological polar surface area (TPSA) is 0 Å². The van der Waals surface area contributed by atoms with Crippen LogP contribution in [-0.2, 0) is 0 Å². The third kappa shape index (κ3) is 1.87. The summed E-state index contributed by atoms with van der Waals surface area (Å²) in [6.07, 6.45) is 6.11. The SMILES string of the molecule is C=Cc1c(SC)cccc1SC. The lowest BCUT2D eigenvalue weighted by Gasteiger charge is -2.06. The van der Waals surface area contributed by atoms with Crippen molar-refractivity contribution in [2.45, 2.75) is 9.79 Å². The van der Waals surface area contributed by atoms with Gasteiger partial charge in [0.1, 0.15) is 0 Å². The summed E-state index contributed by atoms with van der Waals surface area (Å²) in [4.78, 5) is 2.61. The molecule has 1 rings (SSSR count). The number of hydrogen-bond donors (Lipinski definition) is 0. The van der Waals surface area contributed by atoms with Gasteiger partial charge >= 0.3 is 0 Å². The molecule has 0 spiro atoms. The number of hydrogen-bond acceptors (Lipinski definition) is 2. The fraction of sp³-hybridized carbons (Fsp3) is 0.200. The average molecular weight is 196 g/mol. The molecule has 1 aromatic rings. The van der Waals surface area contributed by atoms with Gasteiger partial charge in [-0.25, -0.2) is 0 Å². The highest BCUT2D eigenvalue weighted by Crippen LogP contribution is 2.29. The molecular weight excluding hydrogens is 184 g/mol. The highest BCUT2D eigenvalue weighted by Gasteiger charge is 2.02. The molecule has 0 bridgehead atoms. The first-order chi connectivity index (χ1) is 5.83. The van der Waals surface area contributed by atoms with Gasteiger partial charge in [-0.1, -0.05) is 18.7 Å². The van der Waals surface area contributed by atoms with E-state index in [-0.39, 0.29) is 0 Å². The molecule has 1 aromatic carbocycles. The van der Waals surface area contributed by atoms with E-state index in [9.17, 15) is 0 Å². The molecule has 0 heterocycles. The average Bonchev–Trinajstić information content (AvgIpc) is 2.16. The van der Waals surface area contributed by atoms with Gasteiger partial charge in [-0.2, -0.15) is 0 Å². The van der Waals surface area contributed by atoms with E-state index in [0.717, 1.165) is 0 Å². The Morgan fingerprint density at radius 3 is 2.00 bits per heavy atom. The van der Waals surface area contributed by atoms with E-state index < -0.39 is 0 Å². The van der Waals surface area contributed by atoms with Crippen LogP contribution in [0.2, 0.25) is 0 Å². The van der Waals surface area contributed by atoms with Crippen molar-refractivity contribution in [3.63, 3.8) is 0 Å². The van der Waals surface area contributed by atoms with Crippen LogP contribution in [0.15, 0.2) is 34.6 Å². The zero-order valence-corrected chi connectivity index (χ0v) is 8.97. The van der Waals surface area contributed by atoms with Crippen molar-refractivity contribution < 1.29 is 0 Å². The summed E-state index contributed by atoms with van der Waals surface area (Å²) in [5.74, 6) is 0. The molecule has 0 unspecified atom stereocenters. The minimum atomic E-state index is 1.26. The number of thioether (sulfide) groups is 2. The van der Waals surface area contributed by atoms with Gasteiger partial charge in [-0.3, -0.25) is 0 Å². The summed E-state index contributed by atoms with van der Waals surface area (Å²) in [5.41, 5.74) is 1.26. The van der Waals surface area contributed by atoms with Gasteiger partial charge < -0.3 is 0 Å². The van der Waals surface area contributed by atoms with Gasteiger partial charge in [-0.15, -0.1) is 23.5 Å². The lowest BCUT2D eigenvalue weighted by atomic mass is 10.2. The van der Waals surface area contributed by atoms with Crippen LogP contribution < -0.4 is 0 Å². The van der Waals surface area contributed by atoms with Crippen molar-refractivity contribution in [1.82, 2.24) is 0 Å². The van der Waals surface area contributed by atoms with Gasteiger partial charge in [0, 0.05) is 15.4 Å². The second-order valence-electron chi connectivity index (χ2n) is 2.28. The quantitative estimate of drug-likeness (QED) is 0.675. The predicted molar refractivity (Wildman–Crippen MR) is 60.1 cm³/mol. The van der Waals surface area contributed by atoms with E-state index in [1.165, 1.54) is 15.4 Å². The number of benzene rings is 1. The van der Waals surface area contributed by atoms with Crippen molar-refractivity contribution >= 4 is 29.6 Å². The maximum Gasteiger partial charge on any atom is 0.0153 e. The first-order valence-electron chi connectivity index (χ1n) is 3.67. The fourth-order valence-corrected chi connectivity index (χ4v) is 2.40. The molecule has 0 amide bonds. The van der Waals surface area contributed by atoms with E-state index >= 15 is 0 Å². The van der Waals surface area contributed by atoms with Gasteiger partial charge in [0.05, 0.1) is 0 Å². The van der Waals surface area contributed by atoms with Crippen LogP contribution >= 0.6 is 23.5 Å². The molecule has 0 N–H and O–H groups in total. The number of rotatable bonds is 3. The molecule has 0 saturated heterocycles. The van der Waals surface area contributed by atoms with Crippen molar-refractivity contribution in [3.8, 4) is 0 Å². The summed E-state index contributed by atoms with van der Waals surface area (Å²) >= 11 is 3.53. The van der Waals surface area contributed by atoms with E-state index in [2.05, 4.69) is 37.3 Å². The molecule has 0 nitrogen and oxygen atoms in total. The maximum absolute atomic E-state index is 3.82. The highest BCUT2D eigenvalue weighted by molar-refractivity contribution is 7.99. The highest BCUT2D eigenvalue weighted by atomic mass is 32.2. The normalized spacial score (nSPS) is 9.83. The molecule has 2 heteroatoms. The summed E-state index contributed by atoms with van der Waals surface area (Å²) in [6, 6.07) is 6.34. The van der Waals surface area contributed by atoms with Crippen molar-refractivity contribution in [3.05, 3.63) is 30.3 Å². The summed E-state index contributed by atoms with van der Waals surface area (Å²) in [7, 11) is 0. The van der Waals surface area contributed by atoms with Crippen LogP contribution in [0.3, 0.4) is 0 Å². The Bertz CT molecular complexity index is 257. The zero-order chi connectivity index (χ0) is 8.97. The van der Waals surface area contributed by atoms with Crippen LogP contribution in [-0.4, -0.2) is 12.5 Å². The zero-order valence-electron chi connectivity index (χ0n) is 7.33. The van der Waals surface area contributed by atoms with E-state index in [0.29, 0.717) is 0 Å². The second kappa shape index (κ2) is 4.63. The van der Waals surface area contributed by atoms with E-state index in [1.807, 2.05) is 6.08 Å². The Labute approximate surface area is 82.4 Å². The van der Waals surface area contributed by atoms with Gasteiger partial charge in [0.25, 0.3) is 0 Å². The molecule has 12 heavy (non-hydrogen) atoms. The molecule has 0 radical (unpaired) electrons. The van der Waals surface area contributed by atoms with Crippen molar-refractivity contribution in [2.24, 2.45) is 0 Å². The second-order valence-corrected chi connectivity index (χ2v) is 3.98.